The molecule has 0 unspecified atom stereocenters. The minimum absolute atomic E-state index is 0.262. The molecule has 0 bridgehead atoms. The average Bonchev–Trinajstić information content (AvgIpc) is 2.55. The average molecular weight is 302 g/mol. The Labute approximate surface area is 134 Å². The van der Waals surface area contributed by atoms with E-state index in [2.05, 4.69) is 32.0 Å². The third kappa shape index (κ3) is 1.98. The van der Waals surface area contributed by atoms with Crippen LogP contribution in [0.4, 0.5) is 0 Å². The van der Waals surface area contributed by atoms with Crippen molar-refractivity contribution in [1.29, 1.82) is 0 Å². The summed E-state index contributed by atoms with van der Waals surface area (Å²) in [6.07, 6.45) is 0. The van der Waals surface area contributed by atoms with Gasteiger partial charge in [0.15, 0.2) is 0 Å². The van der Waals surface area contributed by atoms with Gasteiger partial charge in [-0.1, -0.05) is 56.3 Å². The quantitative estimate of drug-likeness (QED) is 0.342. The zero-order valence-electron chi connectivity index (χ0n) is 13.5. The van der Waals surface area contributed by atoms with Crippen molar-refractivity contribution in [1.82, 2.24) is 0 Å². The Morgan fingerprint density at radius 2 is 1.65 bits per heavy atom. The summed E-state index contributed by atoms with van der Waals surface area (Å²) in [4.78, 5) is 12.5. The molecule has 1 heterocycles. The predicted octanol–water partition coefficient (Wildman–Crippen LogP) is 5.53. The van der Waals surface area contributed by atoms with Gasteiger partial charge in [-0.2, -0.15) is 0 Å². The number of benzene rings is 3. The maximum absolute atomic E-state index is 12.5. The Kier molecular flexibility index (Phi) is 3.02. The molecule has 0 saturated heterocycles. The summed E-state index contributed by atoms with van der Waals surface area (Å²) in [7, 11) is 0. The molecule has 0 N–H and O–H groups in total. The minimum Gasteiger partial charge on any atom is -0.422 e. The topological polar surface area (TPSA) is 30.2 Å². The van der Waals surface area contributed by atoms with Gasteiger partial charge >= 0.3 is 5.63 Å². The largest absolute Gasteiger partial charge is 0.422 e. The fourth-order valence-corrected chi connectivity index (χ4v) is 3.43. The molecule has 0 saturated carbocycles. The highest BCUT2D eigenvalue weighted by atomic mass is 16.4. The van der Waals surface area contributed by atoms with Crippen LogP contribution in [-0.2, 0) is 0 Å². The Balaban J connectivity index is 2.43. The van der Waals surface area contributed by atoms with E-state index in [0.29, 0.717) is 16.9 Å². The summed E-state index contributed by atoms with van der Waals surface area (Å²) >= 11 is 0. The number of rotatable bonds is 1. The van der Waals surface area contributed by atoms with Crippen molar-refractivity contribution in [3.05, 3.63) is 70.1 Å². The Morgan fingerprint density at radius 1 is 0.870 bits per heavy atom. The lowest BCUT2D eigenvalue weighted by Gasteiger charge is -2.14. The van der Waals surface area contributed by atoms with Crippen LogP contribution < -0.4 is 5.63 Å². The highest BCUT2D eigenvalue weighted by Gasteiger charge is 2.16. The number of aryl methyl sites for hydroxylation is 1. The first-order valence-electron chi connectivity index (χ1n) is 7.95. The van der Waals surface area contributed by atoms with Crippen molar-refractivity contribution >= 4 is 32.5 Å². The van der Waals surface area contributed by atoms with Crippen molar-refractivity contribution in [3.63, 3.8) is 0 Å². The lowest BCUT2D eigenvalue weighted by atomic mass is 9.91. The fraction of sp³-hybridized carbons (Fsp3) is 0.190. The molecule has 1 aromatic heterocycles. The van der Waals surface area contributed by atoms with E-state index >= 15 is 0 Å². The van der Waals surface area contributed by atoms with Crippen LogP contribution in [0.15, 0.2) is 57.7 Å². The first kappa shape index (κ1) is 14.0. The summed E-state index contributed by atoms with van der Waals surface area (Å²) in [6, 6.07) is 16.3. The van der Waals surface area contributed by atoms with E-state index in [4.69, 9.17) is 4.42 Å². The molecule has 0 aliphatic rings. The van der Waals surface area contributed by atoms with Crippen LogP contribution in [0.25, 0.3) is 32.5 Å². The van der Waals surface area contributed by atoms with Crippen LogP contribution in [0.5, 0.6) is 0 Å². The summed E-state index contributed by atoms with van der Waals surface area (Å²) in [5, 5.41) is 5.00. The molecule has 0 aliphatic carbocycles. The SMILES string of the molecule is Cc1ccc(C(C)C)c2c1oc(=O)c1ccc3ccccc3c12. The van der Waals surface area contributed by atoms with E-state index in [1.807, 2.05) is 37.3 Å². The lowest BCUT2D eigenvalue weighted by molar-refractivity contribution is 0.567. The van der Waals surface area contributed by atoms with Gasteiger partial charge in [0, 0.05) is 10.8 Å². The second kappa shape index (κ2) is 4.95. The maximum atomic E-state index is 12.5. The summed E-state index contributed by atoms with van der Waals surface area (Å²) in [6.45, 7) is 6.34. The second-order valence-corrected chi connectivity index (χ2v) is 6.43. The highest BCUT2D eigenvalue weighted by molar-refractivity contribution is 6.19. The van der Waals surface area contributed by atoms with Gasteiger partial charge < -0.3 is 4.42 Å². The summed E-state index contributed by atoms with van der Waals surface area (Å²) < 4.78 is 5.69. The Bertz CT molecular complexity index is 1120. The van der Waals surface area contributed by atoms with Crippen LogP contribution in [0.3, 0.4) is 0 Å². The Morgan fingerprint density at radius 3 is 2.43 bits per heavy atom. The molecule has 4 rings (SSSR count). The molecule has 0 atom stereocenters. The lowest BCUT2D eigenvalue weighted by Crippen LogP contribution is -2.03. The number of fused-ring (bicyclic) bond motifs is 5. The molecule has 4 aromatic rings. The number of hydrogen-bond acceptors (Lipinski definition) is 2. The van der Waals surface area contributed by atoms with Crippen LogP contribution in [0.1, 0.15) is 30.9 Å². The molecule has 114 valence electrons. The molecule has 3 aromatic carbocycles. The molecule has 2 heteroatoms. The van der Waals surface area contributed by atoms with Gasteiger partial charge in [-0.3, -0.25) is 0 Å². The zero-order valence-corrected chi connectivity index (χ0v) is 13.5. The molecule has 0 amide bonds. The monoisotopic (exact) mass is 302 g/mol. The van der Waals surface area contributed by atoms with E-state index in [1.165, 1.54) is 5.56 Å². The molecule has 0 radical (unpaired) electrons. The molecule has 0 aliphatic heterocycles. The van der Waals surface area contributed by atoms with E-state index < -0.39 is 0 Å². The first-order chi connectivity index (χ1) is 11.1. The van der Waals surface area contributed by atoms with Gasteiger partial charge in [-0.05, 0) is 40.8 Å². The van der Waals surface area contributed by atoms with Gasteiger partial charge in [0.2, 0.25) is 0 Å². The van der Waals surface area contributed by atoms with Gasteiger partial charge in [0.05, 0.1) is 5.39 Å². The molecular weight excluding hydrogens is 284 g/mol. The van der Waals surface area contributed by atoms with Crippen molar-refractivity contribution in [2.75, 3.05) is 0 Å². The van der Waals surface area contributed by atoms with Crippen LogP contribution >= 0.6 is 0 Å². The van der Waals surface area contributed by atoms with E-state index in [1.54, 1.807) is 0 Å². The zero-order chi connectivity index (χ0) is 16.1. The van der Waals surface area contributed by atoms with Crippen molar-refractivity contribution in [2.45, 2.75) is 26.7 Å². The number of hydrogen-bond donors (Lipinski definition) is 0. The highest BCUT2D eigenvalue weighted by Crippen LogP contribution is 2.36. The van der Waals surface area contributed by atoms with Crippen LogP contribution in [0.2, 0.25) is 0 Å². The van der Waals surface area contributed by atoms with Crippen LogP contribution in [0, 0.1) is 6.92 Å². The van der Waals surface area contributed by atoms with Gasteiger partial charge in [0.1, 0.15) is 5.58 Å². The first-order valence-corrected chi connectivity index (χ1v) is 7.95. The van der Waals surface area contributed by atoms with Gasteiger partial charge in [-0.15, -0.1) is 0 Å². The Hall–Kier alpha value is -2.61. The molecule has 2 nitrogen and oxygen atoms in total. The molecule has 0 spiro atoms. The van der Waals surface area contributed by atoms with Gasteiger partial charge in [-0.25, -0.2) is 4.79 Å². The molecule has 0 fully saturated rings. The van der Waals surface area contributed by atoms with Gasteiger partial charge in [0.25, 0.3) is 0 Å². The third-order valence-corrected chi connectivity index (χ3v) is 4.60. The maximum Gasteiger partial charge on any atom is 0.344 e. The second-order valence-electron chi connectivity index (χ2n) is 6.43. The minimum atomic E-state index is -0.262. The summed E-state index contributed by atoms with van der Waals surface area (Å²) in [5.41, 5.74) is 2.67. The smallest absolute Gasteiger partial charge is 0.344 e. The third-order valence-electron chi connectivity index (χ3n) is 4.60. The van der Waals surface area contributed by atoms with E-state index in [9.17, 15) is 4.79 Å². The predicted molar refractivity (Wildman–Crippen MR) is 96.3 cm³/mol. The standard InChI is InChI=1S/C21H18O2/c1-12(2)15-10-8-13(3)20-19(15)18-16-7-5-4-6-14(16)9-11-17(18)21(22)23-20/h4-12H,1-3H3. The fourth-order valence-electron chi connectivity index (χ4n) is 3.43. The molecule has 23 heavy (non-hydrogen) atoms. The molecular formula is C21H18O2. The summed E-state index contributed by atoms with van der Waals surface area (Å²) in [5.74, 6) is 0.355. The van der Waals surface area contributed by atoms with Crippen LogP contribution in [-0.4, -0.2) is 0 Å². The normalized spacial score (nSPS) is 11.8. The van der Waals surface area contributed by atoms with Crippen molar-refractivity contribution < 1.29 is 4.42 Å². The van der Waals surface area contributed by atoms with E-state index in [0.717, 1.165) is 27.1 Å². The van der Waals surface area contributed by atoms with Crippen molar-refractivity contribution in [2.24, 2.45) is 0 Å². The van der Waals surface area contributed by atoms with Crippen molar-refractivity contribution in [3.8, 4) is 0 Å². The van der Waals surface area contributed by atoms with E-state index in [-0.39, 0.29) is 5.63 Å².